The number of hydrogen-bond donors (Lipinski definition) is 0. The van der Waals surface area contributed by atoms with Crippen LogP contribution in [0.5, 0.6) is 0 Å². The van der Waals surface area contributed by atoms with Gasteiger partial charge in [-0.1, -0.05) is 0 Å². The number of hydrogen-bond acceptors (Lipinski definition) is 2. The molecule has 0 N–H and O–H groups in total. The van der Waals surface area contributed by atoms with Gasteiger partial charge in [-0.15, -0.1) is 0 Å². The van der Waals surface area contributed by atoms with E-state index in [0.717, 1.165) is 5.90 Å². The first-order chi connectivity index (χ1) is 9.63. The molecule has 0 saturated heterocycles. The van der Waals surface area contributed by atoms with Crippen LogP contribution < -0.4 is 0 Å². The minimum Gasteiger partial charge on any atom is -0.448 e. The molecule has 4 nitrogen and oxygen atoms in total. The largest absolute Gasteiger partial charge is 0.448 e. The lowest BCUT2D eigenvalue weighted by molar-refractivity contribution is -0.595. The third-order valence-corrected chi connectivity index (χ3v) is 3.41. The van der Waals surface area contributed by atoms with E-state index in [1.54, 1.807) is 0 Å². The van der Waals surface area contributed by atoms with Crippen LogP contribution in [0.3, 0.4) is 0 Å². The lowest BCUT2D eigenvalue weighted by Gasteiger charge is -2.30. The van der Waals surface area contributed by atoms with Gasteiger partial charge in [-0.25, -0.2) is 0 Å². The van der Waals surface area contributed by atoms with E-state index in [2.05, 4.69) is 60.0 Å². The SMILES string of the molecule is CCOC(CC(=O)N(C(C)C)C(C)C)=[N+](C(C)C)C(C)C. The third-order valence-electron chi connectivity index (χ3n) is 3.41. The van der Waals surface area contributed by atoms with E-state index < -0.39 is 0 Å². The maximum Gasteiger partial charge on any atom is 0.346 e. The topological polar surface area (TPSA) is 32.5 Å². The summed E-state index contributed by atoms with van der Waals surface area (Å²) < 4.78 is 8.00. The second kappa shape index (κ2) is 9.06. The standard InChI is InChI=1S/C17H35N2O2/c1-10-21-17(19(14(6)7)15(8)9)11-16(20)18(12(2)3)13(4)5/h12-15H,10-11H2,1-9H3/q+1. The van der Waals surface area contributed by atoms with Gasteiger partial charge in [0.1, 0.15) is 6.42 Å². The summed E-state index contributed by atoms with van der Waals surface area (Å²) in [6.07, 6.45) is 0.334. The van der Waals surface area contributed by atoms with Crippen molar-refractivity contribution in [2.45, 2.75) is 92.9 Å². The fourth-order valence-electron chi connectivity index (χ4n) is 2.95. The average Bonchev–Trinajstić information content (AvgIpc) is 2.26. The fraction of sp³-hybridized carbons (Fsp3) is 0.882. The van der Waals surface area contributed by atoms with Gasteiger partial charge in [0.25, 0.3) is 0 Å². The number of rotatable bonds is 7. The van der Waals surface area contributed by atoms with Gasteiger partial charge in [0.2, 0.25) is 5.91 Å². The van der Waals surface area contributed by atoms with Crippen LogP contribution in [-0.4, -0.2) is 52.1 Å². The van der Waals surface area contributed by atoms with E-state index in [0.29, 0.717) is 25.1 Å². The molecule has 0 atom stereocenters. The summed E-state index contributed by atoms with van der Waals surface area (Å²) in [5, 5.41) is 0. The van der Waals surface area contributed by atoms with Crippen molar-refractivity contribution in [1.29, 1.82) is 0 Å². The molecule has 0 heterocycles. The van der Waals surface area contributed by atoms with Crippen LogP contribution in [0.1, 0.15) is 68.7 Å². The summed E-state index contributed by atoms with van der Waals surface area (Å²) >= 11 is 0. The van der Waals surface area contributed by atoms with Crippen molar-refractivity contribution in [1.82, 2.24) is 4.90 Å². The Labute approximate surface area is 131 Å². The number of ether oxygens (including phenoxy) is 1. The highest BCUT2D eigenvalue weighted by molar-refractivity contribution is 5.95. The minimum atomic E-state index is 0.134. The second-order valence-electron chi connectivity index (χ2n) is 6.59. The minimum absolute atomic E-state index is 0.134. The Balaban J connectivity index is 5.42. The highest BCUT2D eigenvalue weighted by atomic mass is 16.5. The predicted molar refractivity (Wildman–Crippen MR) is 88.9 cm³/mol. The van der Waals surface area contributed by atoms with Gasteiger partial charge in [-0.3, -0.25) is 4.79 Å². The lowest BCUT2D eigenvalue weighted by atomic mass is 10.2. The van der Waals surface area contributed by atoms with Crippen LogP contribution in [0.15, 0.2) is 0 Å². The van der Waals surface area contributed by atoms with Crippen LogP contribution >= 0.6 is 0 Å². The second-order valence-corrected chi connectivity index (χ2v) is 6.59. The zero-order valence-corrected chi connectivity index (χ0v) is 15.4. The highest BCUT2D eigenvalue weighted by Gasteiger charge is 2.29. The van der Waals surface area contributed by atoms with Crippen molar-refractivity contribution in [3.63, 3.8) is 0 Å². The van der Waals surface area contributed by atoms with Crippen molar-refractivity contribution in [3.8, 4) is 0 Å². The van der Waals surface area contributed by atoms with Crippen LogP contribution in [-0.2, 0) is 9.53 Å². The van der Waals surface area contributed by atoms with Crippen molar-refractivity contribution < 1.29 is 14.1 Å². The molecule has 0 radical (unpaired) electrons. The van der Waals surface area contributed by atoms with Crippen LogP contribution in [0, 0.1) is 0 Å². The molecule has 124 valence electrons. The molecular formula is C17H35N2O2+. The summed E-state index contributed by atoms with van der Waals surface area (Å²) in [6, 6.07) is 1.02. The van der Waals surface area contributed by atoms with Crippen LogP contribution in [0.25, 0.3) is 0 Å². The molecule has 0 rings (SSSR count). The molecule has 0 aromatic heterocycles. The van der Waals surface area contributed by atoms with Crippen molar-refractivity contribution in [2.75, 3.05) is 6.61 Å². The van der Waals surface area contributed by atoms with Crippen molar-refractivity contribution in [2.24, 2.45) is 0 Å². The normalized spacial score (nSPS) is 11.5. The van der Waals surface area contributed by atoms with Crippen LogP contribution in [0.4, 0.5) is 0 Å². The Morgan fingerprint density at radius 3 is 1.67 bits per heavy atom. The molecule has 1 amide bonds. The molecule has 0 fully saturated rings. The van der Waals surface area contributed by atoms with E-state index in [-0.39, 0.29) is 18.0 Å². The first kappa shape index (κ1) is 19.9. The molecule has 0 aliphatic rings. The Bertz CT molecular complexity index is 340. The lowest BCUT2D eigenvalue weighted by Crippen LogP contribution is -2.45. The van der Waals surface area contributed by atoms with Gasteiger partial charge in [0.05, 0.1) is 6.61 Å². The van der Waals surface area contributed by atoms with Crippen molar-refractivity contribution in [3.05, 3.63) is 0 Å². The first-order valence-electron chi connectivity index (χ1n) is 8.21. The van der Waals surface area contributed by atoms with Gasteiger partial charge in [-0.05, 0) is 62.3 Å². The molecule has 0 aliphatic carbocycles. The zero-order valence-electron chi connectivity index (χ0n) is 15.4. The van der Waals surface area contributed by atoms with E-state index in [9.17, 15) is 4.79 Å². The first-order valence-corrected chi connectivity index (χ1v) is 8.21. The Morgan fingerprint density at radius 2 is 1.38 bits per heavy atom. The smallest absolute Gasteiger partial charge is 0.346 e. The van der Waals surface area contributed by atoms with E-state index in [1.165, 1.54) is 0 Å². The summed E-state index contributed by atoms with van der Waals surface area (Å²) in [5.41, 5.74) is 0. The van der Waals surface area contributed by atoms with Crippen molar-refractivity contribution >= 4 is 11.8 Å². The quantitative estimate of drug-likeness (QED) is 0.410. The molecule has 0 bridgehead atoms. The number of carbonyl (C=O) groups is 1. The summed E-state index contributed by atoms with van der Waals surface area (Å²) in [7, 11) is 0. The average molecular weight is 299 g/mol. The third kappa shape index (κ3) is 6.06. The number of amides is 1. The molecule has 0 aromatic rings. The Kier molecular flexibility index (Phi) is 8.60. The maximum absolute atomic E-state index is 12.7. The summed E-state index contributed by atoms with van der Waals surface area (Å²) in [6.45, 7) is 19.3. The highest BCUT2D eigenvalue weighted by Crippen LogP contribution is 2.10. The summed E-state index contributed by atoms with van der Waals surface area (Å²) in [4.78, 5) is 14.6. The van der Waals surface area contributed by atoms with E-state index in [1.807, 2.05) is 11.8 Å². The molecule has 0 spiro atoms. The zero-order chi connectivity index (χ0) is 16.7. The molecule has 4 heteroatoms. The molecule has 0 saturated carbocycles. The van der Waals surface area contributed by atoms with Crippen LogP contribution in [0.2, 0.25) is 0 Å². The molecule has 0 aliphatic heterocycles. The van der Waals surface area contributed by atoms with Gasteiger partial charge in [0, 0.05) is 12.1 Å². The molecule has 0 unspecified atom stereocenters. The number of nitrogens with zero attached hydrogens (tertiary/aromatic N) is 2. The molecular weight excluding hydrogens is 264 g/mol. The Morgan fingerprint density at radius 1 is 0.952 bits per heavy atom. The van der Waals surface area contributed by atoms with E-state index in [4.69, 9.17) is 4.74 Å². The fourth-order valence-corrected chi connectivity index (χ4v) is 2.95. The predicted octanol–water partition coefficient (Wildman–Crippen LogP) is 3.29. The van der Waals surface area contributed by atoms with Gasteiger partial charge in [-0.2, -0.15) is 4.58 Å². The maximum atomic E-state index is 12.7. The van der Waals surface area contributed by atoms with Gasteiger partial charge < -0.3 is 9.64 Å². The molecule has 0 aromatic carbocycles. The summed E-state index contributed by atoms with van der Waals surface area (Å²) in [5.74, 6) is 0.925. The van der Waals surface area contributed by atoms with Gasteiger partial charge >= 0.3 is 5.90 Å². The number of carbonyl (C=O) groups excluding carboxylic acids is 1. The Hall–Kier alpha value is -1.06. The van der Waals surface area contributed by atoms with E-state index >= 15 is 0 Å². The van der Waals surface area contributed by atoms with Gasteiger partial charge in [0.15, 0.2) is 12.1 Å². The molecule has 21 heavy (non-hydrogen) atoms. The monoisotopic (exact) mass is 299 g/mol.